The smallest absolute Gasteiger partial charge is 0.191 e. The molecule has 28 heavy (non-hydrogen) atoms. The number of guanidine groups is 1. The third-order valence-corrected chi connectivity index (χ3v) is 5.07. The van der Waals surface area contributed by atoms with E-state index in [-0.39, 0.29) is 6.04 Å². The fourth-order valence-electron chi connectivity index (χ4n) is 3.55. The Morgan fingerprint density at radius 2 is 2.07 bits per heavy atom. The Kier molecular flexibility index (Phi) is 7.90. The molecule has 2 aromatic rings. The molecular formula is C20H33N7O. The molecule has 0 aromatic carbocycles. The lowest BCUT2D eigenvalue weighted by molar-refractivity contribution is 0.221. The van der Waals surface area contributed by atoms with Crippen molar-refractivity contribution in [2.75, 3.05) is 32.7 Å². The van der Waals surface area contributed by atoms with Crippen LogP contribution in [0.4, 0.5) is 0 Å². The lowest BCUT2D eigenvalue weighted by atomic mass is 10.2. The molecule has 8 heteroatoms. The Labute approximate surface area is 167 Å². The third kappa shape index (κ3) is 5.58. The van der Waals surface area contributed by atoms with Gasteiger partial charge < -0.3 is 19.6 Å². The number of hydrogen-bond acceptors (Lipinski definition) is 5. The lowest BCUT2D eigenvalue weighted by Crippen LogP contribution is -2.40. The minimum absolute atomic E-state index is 0.197. The van der Waals surface area contributed by atoms with E-state index in [1.165, 1.54) is 12.8 Å². The van der Waals surface area contributed by atoms with E-state index in [1.807, 2.05) is 6.07 Å². The summed E-state index contributed by atoms with van der Waals surface area (Å²) in [6, 6.07) is 4.21. The Hall–Kier alpha value is -2.35. The predicted octanol–water partition coefficient (Wildman–Crippen LogP) is 2.22. The van der Waals surface area contributed by atoms with Crippen LogP contribution >= 0.6 is 0 Å². The summed E-state index contributed by atoms with van der Waals surface area (Å²) >= 11 is 0. The molecule has 1 unspecified atom stereocenters. The second-order valence-corrected chi connectivity index (χ2v) is 7.11. The van der Waals surface area contributed by atoms with Crippen LogP contribution in [-0.2, 0) is 13.0 Å². The topological polar surface area (TPSA) is 83.5 Å². The van der Waals surface area contributed by atoms with Gasteiger partial charge in [-0.3, -0.25) is 9.89 Å². The summed E-state index contributed by atoms with van der Waals surface area (Å²) in [5.74, 6) is 2.86. The Morgan fingerprint density at radius 3 is 2.79 bits per heavy atom. The molecule has 0 amide bonds. The summed E-state index contributed by atoms with van der Waals surface area (Å²) in [5, 5.41) is 15.0. The summed E-state index contributed by atoms with van der Waals surface area (Å²) in [6.07, 6.45) is 7.98. The van der Waals surface area contributed by atoms with Gasteiger partial charge in [-0.05, 0) is 44.5 Å². The predicted molar refractivity (Wildman–Crippen MR) is 110 cm³/mol. The van der Waals surface area contributed by atoms with Crippen LogP contribution < -0.4 is 10.6 Å². The number of aromatic nitrogens is 3. The zero-order valence-corrected chi connectivity index (χ0v) is 17.1. The molecule has 0 saturated carbocycles. The van der Waals surface area contributed by atoms with Crippen molar-refractivity contribution in [1.82, 2.24) is 30.3 Å². The molecule has 1 saturated heterocycles. The summed E-state index contributed by atoms with van der Waals surface area (Å²) < 4.78 is 7.79. The summed E-state index contributed by atoms with van der Waals surface area (Å²) in [7, 11) is 0. The Bertz CT molecular complexity index is 704. The largest absolute Gasteiger partial charge is 0.468 e. The minimum Gasteiger partial charge on any atom is -0.468 e. The van der Waals surface area contributed by atoms with Gasteiger partial charge in [-0.25, -0.2) is 0 Å². The molecule has 0 spiro atoms. The van der Waals surface area contributed by atoms with Crippen LogP contribution in [0.3, 0.4) is 0 Å². The number of aryl methyl sites for hydroxylation is 1. The van der Waals surface area contributed by atoms with Crippen LogP contribution in [0, 0.1) is 0 Å². The van der Waals surface area contributed by atoms with Gasteiger partial charge >= 0.3 is 0 Å². The fraction of sp³-hybridized carbons (Fsp3) is 0.650. The normalized spacial score (nSPS) is 16.4. The van der Waals surface area contributed by atoms with Gasteiger partial charge in [0.15, 0.2) is 5.96 Å². The highest BCUT2D eigenvalue weighted by atomic mass is 16.3. The van der Waals surface area contributed by atoms with Crippen LogP contribution in [0.15, 0.2) is 34.1 Å². The average Bonchev–Trinajstić information content (AvgIpc) is 3.48. The number of furan rings is 1. The lowest BCUT2D eigenvalue weighted by Gasteiger charge is -2.24. The van der Waals surface area contributed by atoms with Crippen LogP contribution in [0.2, 0.25) is 0 Å². The molecule has 1 aliphatic heterocycles. The summed E-state index contributed by atoms with van der Waals surface area (Å²) in [4.78, 5) is 7.35. The first-order chi connectivity index (χ1) is 13.8. The van der Waals surface area contributed by atoms with E-state index >= 15 is 0 Å². The molecule has 2 N–H and O–H groups in total. The second kappa shape index (κ2) is 10.8. The highest BCUT2D eigenvalue weighted by molar-refractivity contribution is 5.79. The van der Waals surface area contributed by atoms with Gasteiger partial charge in [0, 0.05) is 26.1 Å². The number of aliphatic imine (C=N–C) groups is 1. The van der Waals surface area contributed by atoms with Crippen molar-refractivity contribution < 1.29 is 4.42 Å². The Morgan fingerprint density at radius 1 is 1.25 bits per heavy atom. The zero-order valence-electron chi connectivity index (χ0n) is 17.1. The van der Waals surface area contributed by atoms with Crippen LogP contribution in [0.25, 0.3) is 0 Å². The van der Waals surface area contributed by atoms with Gasteiger partial charge in [0.25, 0.3) is 0 Å². The van der Waals surface area contributed by atoms with Crippen LogP contribution in [0.1, 0.15) is 50.7 Å². The van der Waals surface area contributed by atoms with Crippen molar-refractivity contribution in [3.05, 3.63) is 36.3 Å². The van der Waals surface area contributed by atoms with E-state index in [4.69, 9.17) is 9.41 Å². The highest BCUT2D eigenvalue weighted by Crippen LogP contribution is 2.25. The monoisotopic (exact) mass is 387 g/mol. The van der Waals surface area contributed by atoms with Gasteiger partial charge in [0.05, 0.1) is 18.8 Å². The van der Waals surface area contributed by atoms with Crippen LogP contribution in [-0.4, -0.2) is 58.3 Å². The summed E-state index contributed by atoms with van der Waals surface area (Å²) in [6.45, 7) is 9.64. The minimum atomic E-state index is 0.197. The van der Waals surface area contributed by atoms with E-state index in [2.05, 4.69) is 50.2 Å². The number of nitrogens with zero attached hydrogens (tertiary/aromatic N) is 5. The number of likely N-dealkylation sites (tertiary alicyclic amines) is 1. The van der Waals surface area contributed by atoms with Crippen molar-refractivity contribution in [3.8, 4) is 0 Å². The highest BCUT2D eigenvalue weighted by Gasteiger charge is 2.25. The maximum atomic E-state index is 5.71. The van der Waals surface area contributed by atoms with Gasteiger partial charge in [0.1, 0.15) is 17.9 Å². The number of nitrogens with one attached hydrogen (secondary N) is 2. The molecule has 3 rings (SSSR count). The van der Waals surface area contributed by atoms with E-state index in [1.54, 1.807) is 12.6 Å². The van der Waals surface area contributed by atoms with E-state index in [0.29, 0.717) is 6.54 Å². The second-order valence-electron chi connectivity index (χ2n) is 7.11. The van der Waals surface area contributed by atoms with Gasteiger partial charge in [-0.1, -0.05) is 13.8 Å². The molecule has 1 atom stereocenters. The molecule has 2 aromatic heterocycles. The number of hydrogen-bond donors (Lipinski definition) is 2. The van der Waals surface area contributed by atoms with Gasteiger partial charge in [-0.2, -0.15) is 0 Å². The molecule has 0 bridgehead atoms. The van der Waals surface area contributed by atoms with E-state index in [0.717, 1.165) is 63.1 Å². The van der Waals surface area contributed by atoms with Gasteiger partial charge in [-0.15, -0.1) is 10.2 Å². The standard InChI is InChI=1S/C20H33N7O/c1-3-9-21-20(22-10-13-27-16-24-25-19(27)4-2)23-15-17(18-8-7-14-28-18)26-11-5-6-12-26/h7-8,14,16-17H,3-6,9-13,15H2,1-2H3,(H2,21,22,23). The van der Waals surface area contributed by atoms with Crippen molar-refractivity contribution >= 4 is 5.96 Å². The molecule has 3 heterocycles. The molecule has 0 aliphatic carbocycles. The zero-order chi connectivity index (χ0) is 19.6. The fourth-order valence-corrected chi connectivity index (χ4v) is 3.55. The van der Waals surface area contributed by atoms with Crippen LogP contribution in [0.5, 0.6) is 0 Å². The SMILES string of the molecule is CCCNC(=NCC(c1ccco1)N1CCCC1)NCCn1cnnc1CC. The van der Waals surface area contributed by atoms with Crippen molar-refractivity contribution in [2.24, 2.45) is 4.99 Å². The molecule has 154 valence electrons. The summed E-state index contributed by atoms with van der Waals surface area (Å²) in [5.41, 5.74) is 0. The first kappa shape index (κ1) is 20.4. The number of rotatable bonds is 10. The van der Waals surface area contributed by atoms with E-state index in [9.17, 15) is 0 Å². The quantitative estimate of drug-likeness (QED) is 0.480. The third-order valence-electron chi connectivity index (χ3n) is 5.07. The van der Waals surface area contributed by atoms with Crippen molar-refractivity contribution in [2.45, 2.75) is 52.1 Å². The van der Waals surface area contributed by atoms with Gasteiger partial charge in [0.2, 0.25) is 0 Å². The maximum Gasteiger partial charge on any atom is 0.191 e. The first-order valence-corrected chi connectivity index (χ1v) is 10.5. The Balaban J connectivity index is 1.61. The maximum absolute atomic E-state index is 5.71. The molecule has 8 nitrogen and oxygen atoms in total. The molecular weight excluding hydrogens is 354 g/mol. The molecule has 1 aliphatic rings. The molecule has 0 radical (unpaired) electrons. The van der Waals surface area contributed by atoms with E-state index < -0.39 is 0 Å². The molecule has 1 fully saturated rings. The van der Waals surface area contributed by atoms with Crippen molar-refractivity contribution in [3.63, 3.8) is 0 Å². The van der Waals surface area contributed by atoms with Crippen molar-refractivity contribution in [1.29, 1.82) is 0 Å². The first-order valence-electron chi connectivity index (χ1n) is 10.5. The average molecular weight is 388 g/mol.